The maximum absolute atomic E-state index is 13.4. The van der Waals surface area contributed by atoms with Crippen LogP contribution in [0, 0.1) is 5.82 Å². The van der Waals surface area contributed by atoms with E-state index in [1.54, 1.807) is 6.07 Å². The molecule has 2 N–H and O–H groups in total. The molecule has 1 saturated heterocycles. The van der Waals surface area contributed by atoms with Crippen LogP contribution >= 0.6 is 22.9 Å². The molecule has 2 atom stereocenters. The van der Waals surface area contributed by atoms with Crippen LogP contribution in [0.3, 0.4) is 0 Å². The fourth-order valence-corrected chi connectivity index (χ4v) is 4.97. The topological polar surface area (TPSA) is 70.7 Å². The molecule has 3 rings (SSSR count). The van der Waals surface area contributed by atoms with Gasteiger partial charge in [0.05, 0.1) is 23.7 Å². The minimum absolute atomic E-state index is 0.0534. The van der Waals surface area contributed by atoms with E-state index in [2.05, 4.69) is 10.0 Å². The van der Waals surface area contributed by atoms with Gasteiger partial charge in [-0.2, -0.15) is 17.4 Å². The summed E-state index contributed by atoms with van der Waals surface area (Å²) < 4.78 is 47.6. The molecule has 1 aromatic heterocycles. The highest BCUT2D eigenvalue weighted by molar-refractivity contribution is 7.87. The maximum atomic E-state index is 13.4. The van der Waals surface area contributed by atoms with Gasteiger partial charge in [-0.05, 0) is 36.1 Å². The van der Waals surface area contributed by atoms with Crippen molar-refractivity contribution in [1.29, 1.82) is 0 Å². The van der Waals surface area contributed by atoms with Crippen molar-refractivity contribution in [2.75, 3.05) is 25.7 Å². The Kier molecular flexibility index (Phi) is 6.16. The second kappa shape index (κ2) is 8.20. The summed E-state index contributed by atoms with van der Waals surface area (Å²) in [7, 11) is -2.03. The van der Waals surface area contributed by atoms with Crippen LogP contribution in [0.5, 0.6) is 0 Å². The van der Waals surface area contributed by atoms with Crippen LogP contribution in [-0.4, -0.2) is 39.2 Å². The first kappa shape index (κ1) is 19.5. The minimum atomic E-state index is -3.56. The quantitative estimate of drug-likeness (QED) is 0.557. The van der Waals surface area contributed by atoms with Crippen molar-refractivity contribution in [3.05, 3.63) is 51.4 Å². The van der Waals surface area contributed by atoms with Crippen LogP contribution in [0.25, 0.3) is 0 Å². The van der Waals surface area contributed by atoms with Gasteiger partial charge in [0.1, 0.15) is 12.5 Å². The van der Waals surface area contributed by atoms with Crippen molar-refractivity contribution in [3.63, 3.8) is 0 Å². The highest BCUT2D eigenvalue weighted by Gasteiger charge is 2.37. The lowest BCUT2D eigenvalue weighted by Crippen LogP contribution is -2.53. The zero-order chi connectivity index (χ0) is 18.7. The smallest absolute Gasteiger partial charge is 0.280 e. The van der Waals surface area contributed by atoms with Crippen LogP contribution in [-0.2, 0) is 14.9 Å². The molecule has 1 fully saturated rings. The van der Waals surface area contributed by atoms with Gasteiger partial charge in [0, 0.05) is 17.6 Å². The van der Waals surface area contributed by atoms with Crippen LogP contribution in [0.4, 0.5) is 10.1 Å². The van der Waals surface area contributed by atoms with Crippen molar-refractivity contribution in [1.82, 2.24) is 9.03 Å². The number of anilines is 1. The number of benzene rings is 1. The standard InChI is InChI=1S/C16H19ClFN3O3S2/c1-21-12(8-15(20-26(21,22)23)16-3-2-6-25-16)9-24-10-19-11-4-5-13(17)14(18)7-11/h2-7,12,15,19-20H,8-10H2,1H3. The first-order chi connectivity index (χ1) is 12.4. The van der Waals surface area contributed by atoms with E-state index in [1.165, 1.54) is 34.8 Å². The third-order valence-corrected chi connectivity index (χ3v) is 7.12. The van der Waals surface area contributed by atoms with Gasteiger partial charge in [0.25, 0.3) is 10.2 Å². The zero-order valence-electron chi connectivity index (χ0n) is 14.0. The Morgan fingerprint density at radius 3 is 2.96 bits per heavy atom. The Labute approximate surface area is 161 Å². The Morgan fingerprint density at radius 1 is 1.46 bits per heavy atom. The highest BCUT2D eigenvalue weighted by Crippen LogP contribution is 2.30. The highest BCUT2D eigenvalue weighted by atomic mass is 35.5. The molecule has 0 saturated carbocycles. The number of halogens is 2. The molecule has 2 unspecified atom stereocenters. The summed E-state index contributed by atoms with van der Waals surface area (Å²) in [4.78, 5) is 0.974. The molecular formula is C16H19ClFN3O3S2. The van der Waals surface area contributed by atoms with E-state index in [4.69, 9.17) is 16.3 Å². The number of hydrogen-bond donors (Lipinski definition) is 2. The van der Waals surface area contributed by atoms with Gasteiger partial charge in [0.15, 0.2) is 0 Å². The van der Waals surface area contributed by atoms with E-state index >= 15 is 0 Å². The SMILES string of the molecule is CN1C(COCNc2ccc(Cl)c(F)c2)CC(c2cccs2)NS1(=O)=O. The number of rotatable bonds is 6. The van der Waals surface area contributed by atoms with Crippen molar-refractivity contribution in [3.8, 4) is 0 Å². The molecule has 2 heterocycles. The number of hydrogen-bond acceptors (Lipinski definition) is 5. The molecule has 0 spiro atoms. The summed E-state index contributed by atoms with van der Waals surface area (Å²) in [5.74, 6) is -0.514. The molecule has 1 aliphatic heterocycles. The molecule has 2 aromatic rings. The first-order valence-electron chi connectivity index (χ1n) is 7.92. The molecule has 0 bridgehead atoms. The van der Waals surface area contributed by atoms with Gasteiger partial charge in [-0.15, -0.1) is 11.3 Å². The fourth-order valence-electron chi connectivity index (χ4n) is 2.70. The molecule has 0 radical (unpaired) electrons. The lowest BCUT2D eigenvalue weighted by Gasteiger charge is -2.36. The van der Waals surface area contributed by atoms with Gasteiger partial charge in [-0.3, -0.25) is 0 Å². The van der Waals surface area contributed by atoms with Crippen LogP contribution in [0.2, 0.25) is 5.02 Å². The molecule has 0 amide bonds. The van der Waals surface area contributed by atoms with Gasteiger partial charge in [0.2, 0.25) is 0 Å². The van der Waals surface area contributed by atoms with Gasteiger partial charge in [-0.1, -0.05) is 17.7 Å². The molecular weight excluding hydrogens is 401 g/mol. The second-order valence-electron chi connectivity index (χ2n) is 5.92. The number of likely N-dealkylation sites (N-methyl/N-ethyl adjacent to an activating group) is 1. The summed E-state index contributed by atoms with van der Waals surface area (Å²) in [6.07, 6.45) is 0.603. The maximum Gasteiger partial charge on any atom is 0.280 e. The average molecular weight is 420 g/mol. The molecule has 1 aliphatic rings. The first-order valence-corrected chi connectivity index (χ1v) is 10.6. The van der Waals surface area contributed by atoms with E-state index < -0.39 is 16.0 Å². The van der Waals surface area contributed by atoms with Crippen molar-refractivity contribution in [2.45, 2.75) is 18.5 Å². The summed E-state index contributed by atoms with van der Waals surface area (Å²) in [6.45, 7) is 0.352. The average Bonchev–Trinajstić information content (AvgIpc) is 3.12. The number of nitrogens with zero attached hydrogens (tertiary/aromatic N) is 1. The number of ether oxygens (including phenoxy) is 1. The summed E-state index contributed by atoms with van der Waals surface area (Å²) in [5, 5.41) is 4.90. The van der Waals surface area contributed by atoms with Crippen LogP contribution in [0.15, 0.2) is 35.7 Å². The van der Waals surface area contributed by atoms with Crippen molar-refractivity contribution < 1.29 is 17.5 Å². The summed E-state index contributed by atoms with van der Waals surface area (Å²) in [5.41, 5.74) is 0.537. The molecule has 26 heavy (non-hydrogen) atoms. The molecule has 10 heteroatoms. The molecule has 6 nitrogen and oxygen atoms in total. The monoisotopic (exact) mass is 419 g/mol. The van der Waals surface area contributed by atoms with Crippen LogP contribution in [0.1, 0.15) is 17.3 Å². The van der Waals surface area contributed by atoms with Gasteiger partial charge in [-0.25, -0.2) is 4.39 Å². The predicted molar refractivity (Wildman–Crippen MR) is 101 cm³/mol. The Morgan fingerprint density at radius 2 is 2.27 bits per heavy atom. The summed E-state index contributed by atoms with van der Waals surface area (Å²) >= 11 is 7.16. The number of thiophene rings is 1. The Hall–Kier alpha value is -1.23. The van der Waals surface area contributed by atoms with E-state index in [1.807, 2.05) is 17.5 Å². The van der Waals surface area contributed by atoms with E-state index in [-0.39, 0.29) is 30.4 Å². The normalized spacial score (nSPS) is 23.0. The van der Waals surface area contributed by atoms with Gasteiger partial charge >= 0.3 is 0 Å². The predicted octanol–water partition coefficient (Wildman–Crippen LogP) is 3.21. The van der Waals surface area contributed by atoms with E-state index in [0.717, 1.165) is 4.88 Å². The molecule has 1 aromatic carbocycles. The Balaban J connectivity index is 1.56. The minimum Gasteiger partial charge on any atom is -0.363 e. The number of nitrogens with one attached hydrogen (secondary N) is 2. The van der Waals surface area contributed by atoms with Crippen molar-refractivity contribution >= 4 is 38.8 Å². The largest absolute Gasteiger partial charge is 0.363 e. The molecule has 142 valence electrons. The summed E-state index contributed by atoms with van der Waals surface area (Å²) in [6, 6.07) is 7.63. The zero-order valence-corrected chi connectivity index (χ0v) is 16.4. The van der Waals surface area contributed by atoms with E-state index in [0.29, 0.717) is 12.1 Å². The fraction of sp³-hybridized carbons (Fsp3) is 0.375. The Bertz CT molecular complexity index is 848. The van der Waals surface area contributed by atoms with E-state index in [9.17, 15) is 12.8 Å². The second-order valence-corrected chi connectivity index (χ2v) is 9.07. The lowest BCUT2D eigenvalue weighted by atomic mass is 10.1. The third kappa shape index (κ3) is 4.54. The third-order valence-electron chi connectivity index (χ3n) is 4.19. The molecule has 0 aliphatic carbocycles. The van der Waals surface area contributed by atoms with Crippen LogP contribution < -0.4 is 10.0 Å². The lowest BCUT2D eigenvalue weighted by molar-refractivity contribution is 0.0944. The van der Waals surface area contributed by atoms with Crippen molar-refractivity contribution in [2.24, 2.45) is 0 Å². The van der Waals surface area contributed by atoms with Gasteiger partial charge < -0.3 is 10.1 Å².